The highest BCUT2D eigenvalue weighted by atomic mass is 19.1. The molecule has 5 rings (SSSR count). The molecular formula is C28H31FN6O. The molecule has 0 unspecified atom stereocenters. The standard InChI is InChI=1S/C28H31FN6O/c1-6-14-34-26(36)20-17-30-24(32-19-10-11-21-18(15-19)12-13-31-28(21,4)5)16-22(20)35(34)25-9-7-8-23(33-25)27(2,3)29/h6-11,15-17,31H,1,12-14H2,2-5H3,(H,30,32). The Bertz CT molecular complexity index is 1530. The molecule has 2 N–H and O–H groups in total. The summed E-state index contributed by atoms with van der Waals surface area (Å²) in [6.07, 6.45) is 4.18. The van der Waals surface area contributed by atoms with Crippen LogP contribution in [0.25, 0.3) is 16.7 Å². The third kappa shape index (κ3) is 4.22. The van der Waals surface area contributed by atoms with Gasteiger partial charge in [-0.2, -0.15) is 0 Å². The predicted molar refractivity (Wildman–Crippen MR) is 142 cm³/mol. The Balaban J connectivity index is 1.60. The number of nitrogens with zero attached hydrogens (tertiary/aromatic N) is 4. The second-order valence-corrected chi connectivity index (χ2v) is 10.2. The second kappa shape index (κ2) is 8.71. The fraction of sp³-hybridized carbons (Fsp3) is 0.321. The summed E-state index contributed by atoms with van der Waals surface area (Å²) in [6, 6.07) is 13.3. The van der Waals surface area contributed by atoms with Crippen LogP contribution < -0.4 is 16.2 Å². The van der Waals surface area contributed by atoms with Crippen LogP contribution in [0.3, 0.4) is 0 Å². The molecule has 0 bridgehead atoms. The van der Waals surface area contributed by atoms with Crippen LogP contribution in [-0.4, -0.2) is 25.9 Å². The number of hydrogen-bond acceptors (Lipinski definition) is 5. The number of halogens is 1. The van der Waals surface area contributed by atoms with Crippen LogP contribution >= 0.6 is 0 Å². The Hall–Kier alpha value is -3.78. The maximum absolute atomic E-state index is 14.7. The number of benzene rings is 1. The zero-order valence-electron chi connectivity index (χ0n) is 21.1. The molecule has 0 fully saturated rings. The fourth-order valence-corrected chi connectivity index (χ4v) is 4.86. The summed E-state index contributed by atoms with van der Waals surface area (Å²) in [5, 5.41) is 7.40. The van der Waals surface area contributed by atoms with E-state index in [1.165, 1.54) is 29.7 Å². The topological polar surface area (TPSA) is 76.8 Å². The Kier molecular flexibility index (Phi) is 5.79. The predicted octanol–water partition coefficient (Wildman–Crippen LogP) is 5.10. The second-order valence-electron chi connectivity index (χ2n) is 10.2. The van der Waals surface area contributed by atoms with Crippen molar-refractivity contribution in [1.29, 1.82) is 0 Å². The summed E-state index contributed by atoms with van der Waals surface area (Å²) >= 11 is 0. The molecule has 0 saturated carbocycles. The number of rotatable bonds is 6. The van der Waals surface area contributed by atoms with E-state index in [2.05, 4.69) is 53.2 Å². The van der Waals surface area contributed by atoms with Crippen molar-refractivity contribution in [2.75, 3.05) is 11.9 Å². The van der Waals surface area contributed by atoms with E-state index in [4.69, 9.17) is 0 Å². The SMILES string of the molecule is C=CCn1c(=O)c2cnc(Nc3ccc4c(c3)CCNC4(C)C)cc2n1-c1cccc(C(C)(C)F)n1. The van der Waals surface area contributed by atoms with E-state index in [0.29, 0.717) is 28.2 Å². The lowest BCUT2D eigenvalue weighted by molar-refractivity contribution is 0.214. The fourth-order valence-electron chi connectivity index (χ4n) is 4.86. The lowest BCUT2D eigenvalue weighted by atomic mass is 9.85. The molecule has 186 valence electrons. The Labute approximate surface area is 209 Å². The third-order valence-electron chi connectivity index (χ3n) is 6.69. The van der Waals surface area contributed by atoms with Gasteiger partial charge < -0.3 is 10.6 Å². The number of aromatic nitrogens is 4. The van der Waals surface area contributed by atoms with Gasteiger partial charge in [0.05, 0.1) is 23.1 Å². The van der Waals surface area contributed by atoms with Crippen LogP contribution in [0.2, 0.25) is 0 Å². The first kappa shape index (κ1) is 23.9. The summed E-state index contributed by atoms with van der Waals surface area (Å²) in [6.45, 7) is 12.3. The Morgan fingerprint density at radius 2 is 2.06 bits per heavy atom. The highest BCUT2D eigenvalue weighted by Gasteiger charge is 2.27. The van der Waals surface area contributed by atoms with Gasteiger partial charge in [-0.25, -0.2) is 23.7 Å². The molecule has 1 aliphatic heterocycles. The molecule has 0 spiro atoms. The summed E-state index contributed by atoms with van der Waals surface area (Å²) in [4.78, 5) is 22.3. The van der Waals surface area contributed by atoms with Crippen molar-refractivity contribution in [3.63, 3.8) is 0 Å². The van der Waals surface area contributed by atoms with Gasteiger partial charge in [-0.1, -0.05) is 18.2 Å². The third-order valence-corrected chi connectivity index (χ3v) is 6.69. The van der Waals surface area contributed by atoms with Crippen molar-refractivity contribution in [3.8, 4) is 5.82 Å². The van der Waals surface area contributed by atoms with Gasteiger partial charge in [-0.15, -0.1) is 6.58 Å². The van der Waals surface area contributed by atoms with Gasteiger partial charge >= 0.3 is 0 Å². The number of nitrogens with one attached hydrogen (secondary N) is 2. The first-order chi connectivity index (χ1) is 17.1. The highest BCUT2D eigenvalue weighted by molar-refractivity contribution is 5.82. The quantitative estimate of drug-likeness (QED) is 0.371. The normalized spacial score (nSPS) is 15.0. The van der Waals surface area contributed by atoms with Crippen LogP contribution in [0.1, 0.15) is 44.5 Å². The number of pyridine rings is 2. The monoisotopic (exact) mass is 486 g/mol. The first-order valence-corrected chi connectivity index (χ1v) is 12.1. The van der Waals surface area contributed by atoms with Gasteiger partial charge in [-0.3, -0.25) is 4.79 Å². The molecule has 0 radical (unpaired) electrons. The minimum atomic E-state index is -1.62. The van der Waals surface area contributed by atoms with Crippen molar-refractivity contribution in [3.05, 3.63) is 88.5 Å². The average molecular weight is 487 g/mol. The summed E-state index contributed by atoms with van der Waals surface area (Å²) in [7, 11) is 0. The van der Waals surface area contributed by atoms with Gasteiger partial charge in [0, 0.05) is 23.5 Å². The van der Waals surface area contributed by atoms with E-state index in [9.17, 15) is 9.18 Å². The zero-order valence-corrected chi connectivity index (χ0v) is 21.1. The van der Waals surface area contributed by atoms with Crippen molar-refractivity contribution in [2.45, 2.75) is 51.9 Å². The first-order valence-electron chi connectivity index (χ1n) is 12.1. The molecule has 7 nitrogen and oxygen atoms in total. The lowest BCUT2D eigenvalue weighted by Gasteiger charge is -2.34. The molecule has 4 heterocycles. The molecule has 3 aromatic heterocycles. The van der Waals surface area contributed by atoms with E-state index in [1.807, 2.05) is 12.1 Å². The van der Waals surface area contributed by atoms with Crippen LogP contribution in [0.5, 0.6) is 0 Å². The zero-order chi connectivity index (χ0) is 25.7. The molecule has 1 aliphatic rings. The number of alkyl halides is 1. The molecule has 0 atom stereocenters. The lowest BCUT2D eigenvalue weighted by Crippen LogP contribution is -2.42. The summed E-state index contributed by atoms with van der Waals surface area (Å²) in [5.74, 6) is 1.05. The molecule has 0 saturated heterocycles. The molecular weight excluding hydrogens is 455 g/mol. The van der Waals surface area contributed by atoms with Crippen molar-refractivity contribution < 1.29 is 4.39 Å². The Morgan fingerprint density at radius 1 is 1.25 bits per heavy atom. The van der Waals surface area contributed by atoms with Crippen LogP contribution in [0, 0.1) is 0 Å². The van der Waals surface area contributed by atoms with E-state index in [0.717, 1.165) is 18.7 Å². The molecule has 8 heteroatoms. The van der Waals surface area contributed by atoms with Gasteiger partial charge in [-0.05, 0) is 76.1 Å². The largest absolute Gasteiger partial charge is 0.340 e. The van der Waals surface area contributed by atoms with Gasteiger partial charge in [0.1, 0.15) is 11.5 Å². The highest BCUT2D eigenvalue weighted by Crippen LogP contribution is 2.31. The van der Waals surface area contributed by atoms with Gasteiger partial charge in [0.2, 0.25) is 0 Å². The van der Waals surface area contributed by atoms with E-state index >= 15 is 0 Å². The van der Waals surface area contributed by atoms with Crippen molar-refractivity contribution in [2.24, 2.45) is 0 Å². The molecule has 4 aromatic rings. The average Bonchev–Trinajstić information content (AvgIpc) is 3.09. The van der Waals surface area contributed by atoms with E-state index in [-0.39, 0.29) is 17.6 Å². The smallest absolute Gasteiger partial charge is 0.276 e. The maximum Gasteiger partial charge on any atom is 0.276 e. The number of hydrogen-bond donors (Lipinski definition) is 2. The van der Waals surface area contributed by atoms with Crippen molar-refractivity contribution in [1.82, 2.24) is 24.6 Å². The Morgan fingerprint density at radius 3 is 2.81 bits per heavy atom. The van der Waals surface area contributed by atoms with Gasteiger partial charge in [0.25, 0.3) is 5.56 Å². The minimum Gasteiger partial charge on any atom is -0.340 e. The number of fused-ring (bicyclic) bond motifs is 2. The minimum absolute atomic E-state index is 0.0663. The van der Waals surface area contributed by atoms with Crippen LogP contribution in [0.15, 0.2) is 66.1 Å². The van der Waals surface area contributed by atoms with Crippen LogP contribution in [-0.2, 0) is 24.2 Å². The molecule has 0 aliphatic carbocycles. The number of anilines is 2. The molecule has 0 amide bonds. The molecule has 36 heavy (non-hydrogen) atoms. The van der Waals surface area contributed by atoms with E-state index < -0.39 is 5.67 Å². The maximum atomic E-state index is 14.7. The van der Waals surface area contributed by atoms with E-state index in [1.54, 1.807) is 35.2 Å². The van der Waals surface area contributed by atoms with Crippen LogP contribution in [0.4, 0.5) is 15.9 Å². The van der Waals surface area contributed by atoms with Gasteiger partial charge in [0.15, 0.2) is 5.82 Å². The molecule has 1 aromatic carbocycles. The summed E-state index contributed by atoms with van der Waals surface area (Å²) in [5.41, 5.74) is 2.54. The van der Waals surface area contributed by atoms with Crippen molar-refractivity contribution >= 4 is 22.4 Å². The summed E-state index contributed by atoms with van der Waals surface area (Å²) < 4.78 is 17.9. The number of allylic oxidation sites excluding steroid dienone is 1.